The Morgan fingerprint density at radius 3 is 2.67 bits per heavy atom. The summed E-state index contributed by atoms with van der Waals surface area (Å²) in [6.45, 7) is 2.14. The maximum Gasteiger partial charge on any atom is 0.135 e. The molecule has 1 atom stereocenters. The zero-order valence-electron chi connectivity index (χ0n) is 10.9. The second-order valence-electron chi connectivity index (χ2n) is 4.16. The first-order valence-electron chi connectivity index (χ1n) is 5.82. The van der Waals surface area contributed by atoms with Gasteiger partial charge in [0.25, 0.3) is 0 Å². The van der Waals surface area contributed by atoms with Gasteiger partial charge in [0.05, 0.1) is 0 Å². The number of nitrogens with zero attached hydrogens (tertiary/aromatic N) is 1. The molecule has 5 heteroatoms. The molecule has 0 saturated heterocycles. The Balaban J connectivity index is 2.96. The van der Waals surface area contributed by atoms with Crippen molar-refractivity contribution in [2.75, 3.05) is 24.0 Å². The first-order valence-corrected chi connectivity index (χ1v) is 7.62. The molecule has 0 aliphatic carbocycles. The van der Waals surface area contributed by atoms with Gasteiger partial charge in [0.15, 0.2) is 0 Å². The Morgan fingerprint density at radius 2 is 2.22 bits per heavy atom. The molecule has 18 heavy (non-hydrogen) atoms. The Morgan fingerprint density at radius 1 is 1.56 bits per heavy atom. The third-order valence-electron chi connectivity index (χ3n) is 3.00. The molecule has 100 valence electrons. The van der Waals surface area contributed by atoms with Crippen molar-refractivity contribution >= 4 is 34.7 Å². The summed E-state index contributed by atoms with van der Waals surface area (Å²) in [5, 5.41) is 0. The molecule has 0 aromatic heterocycles. The van der Waals surface area contributed by atoms with E-state index in [2.05, 4.69) is 18.1 Å². The summed E-state index contributed by atoms with van der Waals surface area (Å²) < 4.78 is 13.8. The average Bonchev–Trinajstić information content (AvgIpc) is 2.34. The quantitative estimate of drug-likeness (QED) is 0.814. The number of halogens is 1. The Bertz CT molecular complexity index is 423. The minimum absolute atomic E-state index is 0.0952. The van der Waals surface area contributed by atoms with Crippen LogP contribution in [0.1, 0.15) is 18.9 Å². The van der Waals surface area contributed by atoms with Crippen LogP contribution in [0.2, 0.25) is 0 Å². The van der Waals surface area contributed by atoms with Crippen LogP contribution < -0.4 is 10.6 Å². The third-order valence-corrected chi connectivity index (χ3v) is 3.94. The zero-order valence-corrected chi connectivity index (χ0v) is 12.6. The Kier molecular flexibility index (Phi) is 5.88. The lowest BCUT2D eigenvalue weighted by atomic mass is 10.1. The summed E-state index contributed by atoms with van der Waals surface area (Å²) in [6, 6.07) is 5.41. The fourth-order valence-electron chi connectivity index (χ4n) is 1.83. The number of anilines is 1. The lowest BCUT2D eigenvalue weighted by Crippen LogP contribution is -2.33. The Hall–Kier alpha value is -0.810. The van der Waals surface area contributed by atoms with Crippen LogP contribution in [0.25, 0.3) is 0 Å². The second-order valence-corrected chi connectivity index (χ2v) is 5.51. The number of thiocarbonyl (C=S) groups is 1. The standard InChI is InChI=1S/C13H19FN2S2/c1-4-9(8-18-3)16(2)10-5-6-11(13(15)17)12(14)7-10/h5-7,9H,4,8H2,1-3H3,(H2,15,17). The van der Waals surface area contributed by atoms with Crippen LogP contribution in [0.5, 0.6) is 0 Å². The molecule has 0 heterocycles. The molecule has 1 rings (SSSR count). The van der Waals surface area contributed by atoms with E-state index in [1.807, 2.05) is 13.1 Å². The van der Waals surface area contributed by atoms with E-state index >= 15 is 0 Å². The van der Waals surface area contributed by atoms with Gasteiger partial charge in [-0.3, -0.25) is 0 Å². The van der Waals surface area contributed by atoms with E-state index in [-0.39, 0.29) is 10.8 Å². The number of hydrogen-bond acceptors (Lipinski definition) is 3. The van der Waals surface area contributed by atoms with Crippen molar-refractivity contribution in [3.8, 4) is 0 Å². The second kappa shape index (κ2) is 6.95. The van der Waals surface area contributed by atoms with Gasteiger partial charge in [0, 0.05) is 30.1 Å². The van der Waals surface area contributed by atoms with Crippen LogP contribution in [0, 0.1) is 5.82 Å². The lowest BCUT2D eigenvalue weighted by Gasteiger charge is -2.29. The molecule has 0 fully saturated rings. The van der Waals surface area contributed by atoms with Gasteiger partial charge in [-0.15, -0.1) is 0 Å². The number of hydrogen-bond donors (Lipinski definition) is 1. The largest absolute Gasteiger partial charge is 0.389 e. The summed E-state index contributed by atoms with van der Waals surface area (Å²) in [7, 11) is 1.99. The van der Waals surface area contributed by atoms with Crippen molar-refractivity contribution in [1.29, 1.82) is 0 Å². The van der Waals surface area contributed by atoms with Gasteiger partial charge in [-0.2, -0.15) is 11.8 Å². The SMILES string of the molecule is CCC(CSC)N(C)c1ccc(C(N)=S)c(F)c1. The molecule has 0 bridgehead atoms. The number of rotatable bonds is 6. The highest BCUT2D eigenvalue weighted by Gasteiger charge is 2.14. The summed E-state index contributed by atoms with van der Waals surface area (Å²) >= 11 is 6.59. The summed E-state index contributed by atoms with van der Waals surface area (Å²) in [4.78, 5) is 2.20. The fourth-order valence-corrected chi connectivity index (χ4v) is 2.84. The molecule has 2 N–H and O–H groups in total. The van der Waals surface area contributed by atoms with Gasteiger partial charge in [0.2, 0.25) is 0 Å². The van der Waals surface area contributed by atoms with E-state index in [4.69, 9.17) is 18.0 Å². The third kappa shape index (κ3) is 3.59. The van der Waals surface area contributed by atoms with Crippen molar-refractivity contribution in [1.82, 2.24) is 0 Å². The molecule has 1 aromatic carbocycles. The Labute approximate surface area is 118 Å². The number of thioether (sulfide) groups is 1. The van der Waals surface area contributed by atoms with Crippen LogP contribution in [0.15, 0.2) is 18.2 Å². The smallest absolute Gasteiger partial charge is 0.135 e. The molecule has 0 aliphatic rings. The van der Waals surface area contributed by atoms with Gasteiger partial charge in [-0.1, -0.05) is 19.1 Å². The summed E-state index contributed by atoms with van der Waals surface area (Å²) in [5.41, 5.74) is 6.61. The predicted octanol–water partition coefficient (Wildman–Crippen LogP) is 3.04. The van der Waals surface area contributed by atoms with E-state index in [1.54, 1.807) is 17.8 Å². The molecule has 0 saturated carbocycles. The summed E-state index contributed by atoms with van der Waals surface area (Å²) in [6.07, 6.45) is 3.10. The molecule has 1 unspecified atom stereocenters. The van der Waals surface area contributed by atoms with Gasteiger partial charge in [-0.25, -0.2) is 4.39 Å². The number of nitrogens with two attached hydrogens (primary N) is 1. The molecule has 0 aliphatic heterocycles. The number of benzene rings is 1. The molecule has 1 aromatic rings. The minimum atomic E-state index is -0.356. The van der Waals surface area contributed by atoms with E-state index in [9.17, 15) is 4.39 Å². The molecule has 2 nitrogen and oxygen atoms in total. The first kappa shape index (κ1) is 15.2. The summed E-state index contributed by atoms with van der Waals surface area (Å²) in [5.74, 6) is 0.664. The highest BCUT2D eigenvalue weighted by Crippen LogP contribution is 2.21. The predicted molar refractivity (Wildman–Crippen MR) is 83.2 cm³/mol. The maximum atomic E-state index is 13.8. The van der Waals surface area contributed by atoms with Crippen molar-refractivity contribution < 1.29 is 4.39 Å². The van der Waals surface area contributed by atoms with E-state index in [0.29, 0.717) is 11.6 Å². The zero-order chi connectivity index (χ0) is 13.7. The van der Waals surface area contributed by atoms with Gasteiger partial charge in [0.1, 0.15) is 10.8 Å². The average molecular weight is 286 g/mol. The lowest BCUT2D eigenvalue weighted by molar-refractivity contribution is 0.620. The van der Waals surface area contributed by atoms with E-state index < -0.39 is 0 Å². The van der Waals surface area contributed by atoms with Crippen LogP contribution >= 0.6 is 24.0 Å². The van der Waals surface area contributed by atoms with Crippen molar-refractivity contribution in [2.45, 2.75) is 19.4 Å². The van der Waals surface area contributed by atoms with Crippen LogP contribution in [-0.2, 0) is 0 Å². The van der Waals surface area contributed by atoms with Gasteiger partial charge in [-0.05, 0) is 30.9 Å². The first-order chi connectivity index (χ1) is 8.51. The van der Waals surface area contributed by atoms with Gasteiger partial charge >= 0.3 is 0 Å². The van der Waals surface area contributed by atoms with Crippen LogP contribution in [0.4, 0.5) is 10.1 Å². The topological polar surface area (TPSA) is 29.3 Å². The molecular weight excluding hydrogens is 267 g/mol. The van der Waals surface area contributed by atoms with E-state index in [0.717, 1.165) is 17.9 Å². The molecule has 0 radical (unpaired) electrons. The molecule has 0 spiro atoms. The van der Waals surface area contributed by atoms with Gasteiger partial charge < -0.3 is 10.6 Å². The monoisotopic (exact) mass is 286 g/mol. The highest BCUT2D eigenvalue weighted by atomic mass is 32.2. The van der Waals surface area contributed by atoms with Crippen molar-refractivity contribution in [3.05, 3.63) is 29.6 Å². The molecular formula is C13H19FN2S2. The van der Waals surface area contributed by atoms with Crippen LogP contribution in [0.3, 0.4) is 0 Å². The van der Waals surface area contributed by atoms with Crippen LogP contribution in [-0.4, -0.2) is 30.1 Å². The molecule has 0 amide bonds. The van der Waals surface area contributed by atoms with E-state index in [1.165, 1.54) is 6.07 Å². The maximum absolute atomic E-state index is 13.8. The van der Waals surface area contributed by atoms with Crippen molar-refractivity contribution in [2.24, 2.45) is 5.73 Å². The fraction of sp³-hybridized carbons (Fsp3) is 0.462. The normalized spacial score (nSPS) is 12.2. The minimum Gasteiger partial charge on any atom is -0.389 e. The van der Waals surface area contributed by atoms with Crippen molar-refractivity contribution in [3.63, 3.8) is 0 Å². The highest BCUT2D eigenvalue weighted by molar-refractivity contribution is 7.98.